The van der Waals surface area contributed by atoms with Gasteiger partial charge in [0.2, 0.25) is 0 Å². The largest absolute Gasteiger partial charge is 0.338 e. The van der Waals surface area contributed by atoms with Gasteiger partial charge < -0.3 is 10.6 Å². The van der Waals surface area contributed by atoms with E-state index < -0.39 is 0 Å². The van der Waals surface area contributed by atoms with Crippen LogP contribution in [0.2, 0.25) is 0 Å². The van der Waals surface area contributed by atoms with Crippen LogP contribution in [0.15, 0.2) is 27.1 Å². The topological polar surface area (TPSA) is 41.1 Å². The lowest BCUT2D eigenvalue weighted by Crippen LogP contribution is -2.29. The highest BCUT2D eigenvalue weighted by atomic mass is 79.9. The number of halogens is 2. The molecular weight excluding hydrogens is 324 g/mol. The number of hydrogen-bond donors (Lipinski definition) is 2. The summed E-state index contributed by atoms with van der Waals surface area (Å²) in [5.74, 6) is 0. The first-order valence-electron chi connectivity index (χ1n) is 4.63. The lowest BCUT2D eigenvalue weighted by Gasteiger charge is -2.08. The Morgan fingerprint density at radius 3 is 2.80 bits per heavy atom. The molecule has 3 nitrogen and oxygen atoms in total. The van der Waals surface area contributed by atoms with Crippen molar-refractivity contribution >= 4 is 43.6 Å². The summed E-state index contributed by atoms with van der Waals surface area (Å²) in [5.41, 5.74) is 0.748. The van der Waals surface area contributed by atoms with E-state index in [2.05, 4.69) is 42.5 Å². The van der Waals surface area contributed by atoms with E-state index in [0.717, 1.165) is 21.1 Å². The fourth-order valence-corrected chi connectivity index (χ4v) is 1.71. The first-order chi connectivity index (χ1) is 7.13. The molecule has 0 aromatic heterocycles. The normalized spacial score (nSPS) is 9.80. The number of hydrogen-bond acceptors (Lipinski definition) is 1. The van der Waals surface area contributed by atoms with Crippen LogP contribution in [-0.4, -0.2) is 12.6 Å². The standard InChI is InChI=1S/C10H12Br2N2O/c1-2-5-13-10(15)14-9-6-7(11)3-4-8(9)12/h3-4,6H,2,5H2,1H3,(H2,13,14,15). The van der Waals surface area contributed by atoms with E-state index in [1.807, 2.05) is 25.1 Å². The summed E-state index contributed by atoms with van der Waals surface area (Å²) in [4.78, 5) is 11.4. The van der Waals surface area contributed by atoms with Crippen LogP contribution in [0.5, 0.6) is 0 Å². The molecule has 0 spiro atoms. The van der Waals surface area contributed by atoms with Gasteiger partial charge in [-0.2, -0.15) is 0 Å². The lowest BCUT2D eigenvalue weighted by atomic mass is 10.3. The first-order valence-corrected chi connectivity index (χ1v) is 6.22. The van der Waals surface area contributed by atoms with Crippen LogP contribution in [0.25, 0.3) is 0 Å². The molecule has 0 saturated carbocycles. The number of urea groups is 1. The zero-order chi connectivity index (χ0) is 11.3. The third kappa shape index (κ3) is 4.22. The Hall–Kier alpha value is -0.550. The van der Waals surface area contributed by atoms with E-state index in [-0.39, 0.29) is 6.03 Å². The number of carbonyl (C=O) groups excluding carboxylic acids is 1. The van der Waals surface area contributed by atoms with Crippen LogP contribution in [0.3, 0.4) is 0 Å². The zero-order valence-electron chi connectivity index (χ0n) is 8.31. The summed E-state index contributed by atoms with van der Waals surface area (Å²) in [6.07, 6.45) is 0.924. The molecule has 0 bridgehead atoms. The molecular formula is C10H12Br2N2O. The number of rotatable bonds is 3. The molecule has 1 rings (SSSR count). The quantitative estimate of drug-likeness (QED) is 0.867. The van der Waals surface area contributed by atoms with Crippen molar-refractivity contribution in [3.63, 3.8) is 0 Å². The Labute approximate surface area is 106 Å². The van der Waals surface area contributed by atoms with Gasteiger partial charge in [-0.15, -0.1) is 0 Å². The molecule has 0 radical (unpaired) electrons. The highest BCUT2D eigenvalue weighted by Crippen LogP contribution is 2.25. The molecule has 82 valence electrons. The second-order valence-corrected chi connectivity index (χ2v) is 4.78. The average molecular weight is 336 g/mol. The molecule has 0 aliphatic rings. The van der Waals surface area contributed by atoms with E-state index in [1.165, 1.54) is 0 Å². The molecule has 0 fully saturated rings. The van der Waals surface area contributed by atoms with E-state index in [4.69, 9.17) is 0 Å². The van der Waals surface area contributed by atoms with Gasteiger partial charge in [-0.3, -0.25) is 0 Å². The number of anilines is 1. The highest BCUT2D eigenvalue weighted by molar-refractivity contribution is 9.11. The molecule has 2 amide bonds. The molecule has 1 aromatic carbocycles. The molecule has 0 unspecified atom stereocenters. The fourth-order valence-electron chi connectivity index (χ4n) is 0.998. The van der Waals surface area contributed by atoms with Gasteiger partial charge in [0.25, 0.3) is 0 Å². The third-order valence-corrected chi connectivity index (χ3v) is 2.90. The van der Waals surface area contributed by atoms with Crippen molar-refractivity contribution in [3.05, 3.63) is 27.1 Å². The van der Waals surface area contributed by atoms with Crippen LogP contribution >= 0.6 is 31.9 Å². The van der Waals surface area contributed by atoms with Crippen LogP contribution in [0.1, 0.15) is 13.3 Å². The summed E-state index contributed by atoms with van der Waals surface area (Å²) in [5, 5.41) is 5.50. The van der Waals surface area contributed by atoms with Gasteiger partial charge in [-0.25, -0.2) is 4.79 Å². The van der Waals surface area contributed by atoms with Gasteiger partial charge in [0.15, 0.2) is 0 Å². The van der Waals surface area contributed by atoms with Gasteiger partial charge in [0.1, 0.15) is 0 Å². The molecule has 0 saturated heterocycles. The minimum Gasteiger partial charge on any atom is -0.338 e. The molecule has 5 heteroatoms. The summed E-state index contributed by atoms with van der Waals surface area (Å²) >= 11 is 6.71. The maximum atomic E-state index is 11.4. The highest BCUT2D eigenvalue weighted by Gasteiger charge is 2.04. The van der Waals surface area contributed by atoms with E-state index in [0.29, 0.717) is 6.54 Å². The lowest BCUT2D eigenvalue weighted by molar-refractivity contribution is 0.252. The molecule has 15 heavy (non-hydrogen) atoms. The van der Waals surface area contributed by atoms with Crippen molar-refractivity contribution < 1.29 is 4.79 Å². The van der Waals surface area contributed by atoms with Gasteiger partial charge in [0, 0.05) is 15.5 Å². The van der Waals surface area contributed by atoms with Gasteiger partial charge >= 0.3 is 6.03 Å². The SMILES string of the molecule is CCCNC(=O)Nc1cc(Br)ccc1Br. The molecule has 0 heterocycles. The second-order valence-electron chi connectivity index (χ2n) is 3.01. The van der Waals surface area contributed by atoms with Gasteiger partial charge in [-0.1, -0.05) is 22.9 Å². The van der Waals surface area contributed by atoms with Gasteiger partial charge in [-0.05, 0) is 40.5 Å². The number of benzene rings is 1. The molecule has 1 aromatic rings. The summed E-state index contributed by atoms with van der Waals surface area (Å²) < 4.78 is 1.79. The zero-order valence-corrected chi connectivity index (χ0v) is 11.5. The Bertz CT molecular complexity index is 355. The molecule has 2 N–H and O–H groups in total. The van der Waals surface area contributed by atoms with E-state index in [9.17, 15) is 4.79 Å². The summed E-state index contributed by atoms with van der Waals surface area (Å²) in [6.45, 7) is 2.69. The number of nitrogens with one attached hydrogen (secondary N) is 2. The molecule has 0 aliphatic heterocycles. The Morgan fingerprint density at radius 2 is 2.13 bits per heavy atom. The Balaban J connectivity index is 2.63. The van der Waals surface area contributed by atoms with Crippen LogP contribution in [-0.2, 0) is 0 Å². The van der Waals surface area contributed by atoms with Gasteiger partial charge in [0.05, 0.1) is 5.69 Å². The van der Waals surface area contributed by atoms with Crippen molar-refractivity contribution in [2.24, 2.45) is 0 Å². The molecule has 0 aliphatic carbocycles. The summed E-state index contributed by atoms with van der Waals surface area (Å²) in [6, 6.07) is 5.43. The average Bonchev–Trinajstić information content (AvgIpc) is 2.20. The van der Waals surface area contributed by atoms with Crippen molar-refractivity contribution in [1.82, 2.24) is 5.32 Å². The van der Waals surface area contributed by atoms with Crippen molar-refractivity contribution in [3.8, 4) is 0 Å². The second kappa shape index (κ2) is 6.12. The first kappa shape index (κ1) is 12.5. The van der Waals surface area contributed by atoms with Crippen LogP contribution in [0.4, 0.5) is 10.5 Å². The monoisotopic (exact) mass is 334 g/mol. The minimum absolute atomic E-state index is 0.185. The maximum absolute atomic E-state index is 11.4. The minimum atomic E-state index is -0.185. The molecule has 0 atom stereocenters. The third-order valence-electron chi connectivity index (χ3n) is 1.71. The number of carbonyl (C=O) groups is 1. The van der Waals surface area contributed by atoms with Crippen LogP contribution < -0.4 is 10.6 Å². The Kier molecular flexibility index (Phi) is 5.11. The fraction of sp³-hybridized carbons (Fsp3) is 0.300. The van der Waals surface area contributed by atoms with Crippen molar-refractivity contribution in [2.45, 2.75) is 13.3 Å². The Morgan fingerprint density at radius 1 is 1.40 bits per heavy atom. The van der Waals surface area contributed by atoms with E-state index in [1.54, 1.807) is 0 Å². The van der Waals surface area contributed by atoms with Crippen molar-refractivity contribution in [1.29, 1.82) is 0 Å². The summed E-state index contributed by atoms with van der Waals surface area (Å²) in [7, 11) is 0. The van der Waals surface area contributed by atoms with Crippen LogP contribution in [0, 0.1) is 0 Å². The maximum Gasteiger partial charge on any atom is 0.319 e. The number of amides is 2. The van der Waals surface area contributed by atoms with E-state index >= 15 is 0 Å². The predicted octanol–water partition coefficient (Wildman–Crippen LogP) is 3.74. The smallest absolute Gasteiger partial charge is 0.319 e. The predicted molar refractivity (Wildman–Crippen MR) is 69.2 cm³/mol. The van der Waals surface area contributed by atoms with Crippen molar-refractivity contribution in [2.75, 3.05) is 11.9 Å².